The molecule has 0 saturated carbocycles. The zero-order valence-electron chi connectivity index (χ0n) is 10.7. The van der Waals surface area contributed by atoms with Gasteiger partial charge >= 0.3 is 5.97 Å². The van der Waals surface area contributed by atoms with Crippen LogP contribution >= 0.6 is 0 Å². The number of hydrogen-bond acceptors (Lipinski definition) is 6. The van der Waals surface area contributed by atoms with Gasteiger partial charge in [-0.1, -0.05) is 5.16 Å². The molecule has 6 heteroatoms. The quantitative estimate of drug-likeness (QED) is 0.608. The third-order valence-corrected chi connectivity index (χ3v) is 2.44. The Morgan fingerprint density at radius 2 is 2.37 bits per heavy atom. The maximum absolute atomic E-state index is 11.1. The van der Waals surface area contributed by atoms with Crippen molar-refractivity contribution >= 4 is 5.97 Å². The lowest BCUT2D eigenvalue weighted by Gasteiger charge is -2.02. The Hall–Kier alpha value is -2.08. The fourth-order valence-corrected chi connectivity index (χ4v) is 1.57. The zero-order valence-corrected chi connectivity index (χ0v) is 10.7. The van der Waals surface area contributed by atoms with Crippen LogP contribution in [0.5, 0.6) is 0 Å². The molecule has 0 fully saturated rings. The molecule has 6 nitrogen and oxygen atoms in total. The molecule has 1 N–H and O–H groups in total. The molecule has 2 aromatic heterocycles. The van der Waals surface area contributed by atoms with Crippen LogP contribution in [0, 0.1) is 0 Å². The van der Waals surface area contributed by atoms with Gasteiger partial charge in [0, 0.05) is 19.2 Å². The van der Waals surface area contributed by atoms with E-state index in [1.165, 1.54) is 0 Å². The highest BCUT2D eigenvalue weighted by Gasteiger charge is 2.08. The van der Waals surface area contributed by atoms with Crippen LogP contribution in [0.4, 0.5) is 0 Å². The Bertz CT molecular complexity index is 504. The van der Waals surface area contributed by atoms with Gasteiger partial charge in [-0.15, -0.1) is 0 Å². The van der Waals surface area contributed by atoms with Gasteiger partial charge in [0.15, 0.2) is 5.76 Å². The molecule has 2 aromatic rings. The summed E-state index contributed by atoms with van der Waals surface area (Å²) in [5, 5.41) is 7.01. The third-order valence-electron chi connectivity index (χ3n) is 2.44. The minimum atomic E-state index is -0.202. The number of nitrogens with one attached hydrogen (secondary N) is 1. The molecular formula is C13H16N2O4. The van der Waals surface area contributed by atoms with E-state index in [0.717, 1.165) is 5.69 Å². The number of hydrogen-bond donors (Lipinski definition) is 1. The van der Waals surface area contributed by atoms with Gasteiger partial charge in [0.2, 0.25) is 5.76 Å². The van der Waals surface area contributed by atoms with Gasteiger partial charge in [0.05, 0.1) is 25.0 Å². The smallest absolute Gasteiger partial charge is 0.307 e. The molecule has 2 rings (SSSR count). The van der Waals surface area contributed by atoms with E-state index in [1.807, 2.05) is 0 Å². The van der Waals surface area contributed by atoms with E-state index in [0.29, 0.717) is 37.6 Å². The van der Waals surface area contributed by atoms with E-state index in [2.05, 4.69) is 10.5 Å². The molecule has 0 atom stereocenters. The van der Waals surface area contributed by atoms with E-state index in [1.54, 1.807) is 31.4 Å². The molecule has 0 saturated heterocycles. The summed E-state index contributed by atoms with van der Waals surface area (Å²) in [6.07, 6.45) is 1.92. The van der Waals surface area contributed by atoms with Gasteiger partial charge < -0.3 is 19.0 Å². The summed E-state index contributed by atoms with van der Waals surface area (Å²) >= 11 is 0. The van der Waals surface area contributed by atoms with Crippen molar-refractivity contribution < 1.29 is 18.5 Å². The highest BCUT2D eigenvalue weighted by atomic mass is 16.5. The molecule has 0 aliphatic heterocycles. The molecule has 19 heavy (non-hydrogen) atoms. The summed E-state index contributed by atoms with van der Waals surface area (Å²) in [7, 11) is 0. The SMILES string of the molecule is CCOC(=O)CCNCc1cc(-c2ccco2)on1. The topological polar surface area (TPSA) is 77.5 Å². The van der Waals surface area contributed by atoms with Gasteiger partial charge in [0.25, 0.3) is 0 Å². The van der Waals surface area contributed by atoms with Crippen LogP contribution in [-0.2, 0) is 16.1 Å². The van der Waals surface area contributed by atoms with Crippen LogP contribution in [0.15, 0.2) is 33.4 Å². The molecule has 2 heterocycles. The molecule has 0 radical (unpaired) electrons. The first kappa shape index (κ1) is 13.4. The van der Waals surface area contributed by atoms with Gasteiger partial charge in [-0.05, 0) is 19.1 Å². The maximum Gasteiger partial charge on any atom is 0.307 e. The van der Waals surface area contributed by atoms with Crippen LogP contribution in [0.25, 0.3) is 11.5 Å². The third kappa shape index (κ3) is 3.96. The van der Waals surface area contributed by atoms with Crippen molar-refractivity contribution in [3.8, 4) is 11.5 Å². The average molecular weight is 264 g/mol. The number of rotatable bonds is 7. The molecule has 0 spiro atoms. The first-order valence-corrected chi connectivity index (χ1v) is 6.15. The molecule has 0 bridgehead atoms. The molecule has 0 unspecified atom stereocenters. The number of esters is 1. The molecule has 0 aliphatic rings. The Kier molecular flexibility index (Phi) is 4.74. The van der Waals surface area contributed by atoms with Gasteiger partial charge in [-0.25, -0.2) is 0 Å². The lowest BCUT2D eigenvalue weighted by Crippen LogP contribution is -2.19. The van der Waals surface area contributed by atoms with Crippen molar-refractivity contribution in [3.63, 3.8) is 0 Å². The number of carbonyl (C=O) groups excluding carboxylic acids is 1. The first-order chi connectivity index (χ1) is 9.29. The van der Waals surface area contributed by atoms with E-state index in [4.69, 9.17) is 13.7 Å². The van der Waals surface area contributed by atoms with Gasteiger partial charge in [-0.3, -0.25) is 4.79 Å². The monoisotopic (exact) mass is 264 g/mol. The molecule has 0 aliphatic carbocycles. The number of nitrogens with zero attached hydrogens (tertiary/aromatic N) is 1. The van der Waals surface area contributed by atoms with Crippen molar-refractivity contribution in [2.45, 2.75) is 19.9 Å². The minimum Gasteiger partial charge on any atom is -0.466 e. The van der Waals surface area contributed by atoms with E-state index < -0.39 is 0 Å². The fourth-order valence-electron chi connectivity index (χ4n) is 1.57. The summed E-state index contributed by atoms with van der Waals surface area (Å²) in [4.78, 5) is 11.1. The number of carbonyl (C=O) groups is 1. The fraction of sp³-hybridized carbons (Fsp3) is 0.385. The Labute approximate surface area is 110 Å². The molecule has 102 valence electrons. The number of furan rings is 1. The van der Waals surface area contributed by atoms with Crippen molar-refractivity contribution in [1.82, 2.24) is 10.5 Å². The Balaban J connectivity index is 1.74. The first-order valence-electron chi connectivity index (χ1n) is 6.15. The van der Waals surface area contributed by atoms with E-state index >= 15 is 0 Å². The van der Waals surface area contributed by atoms with Crippen LogP contribution in [0.1, 0.15) is 19.0 Å². The Morgan fingerprint density at radius 1 is 1.47 bits per heavy atom. The second-order valence-electron chi connectivity index (χ2n) is 3.89. The molecular weight excluding hydrogens is 248 g/mol. The number of ether oxygens (including phenoxy) is 1. The summed E-state index contributed by atoms with van der Waals surface area (Å²) in [5.74, 6) is 1.03. The lowest BCUT2D eigenvalue weighted by molar-refractivity contribution is -0.142. The summed E-state index contributed by atoms with van der Waals surface area (Å²) < 4.78 is 15.2. The van der Waals surface area contributed by atoms with E-state index in [-0.39, 0.29) is 5.97 Å². The minimum absolute atomic E-state index is 0.202. The van der Waals surface area contributed by atoms with Crippen molar-refractivity contribution in [3.05, 3.63) is 30.2 Å². The standard InChI is InChI=1S/C13H16N2O4/c1-2-17-13(16)5-6-14-9-10-8-12(19-15-10)11-4-3-7-18-11/h3-4,7-8,14H,2,5-6,9H2,1H3. The normalized spacial score (nSPS) is 10.6. The summed E-state index contributed by atoms with van der Waals surface area (Å²) in [5.41, 5.74) is 0.759. The Morgan fingerprint density at radius 3 is 3.11 bits per heavy atom. The van der Waals surface area contributed by atoms with Crippen molar-refractivity contribution in [2.24, 2.45) is 0 Å². The predicted octanol–water partition coefficient (Wildman–Crippen LogP) is 1.98. The summed E-state index contributed by atoms with van der Waals surface area (Å²) in [6, 6.07) is 5.39. The zero-order chi connectivity index (χ0) is 13.5. The van der Waals surface area contributed by atoms with Gasteiger partial charge in [-0.2, -0.15) is 0 Å². The van der Waals surface area contributed by atoms with Crippen molar-refractivity contribution in [1.29, 1.82) is 0 Å². The predicted molar refractivity (Wildman–Crippen MR) is 67.2 cm³/mol. The van der Waals surface area contributed by atoms with E-state index in [9.17, 15) is 4.79 Å². The molecule has 0 aromatic carbocycles. The largest absolute Gasteiger partial charge is 0.466 e. The van der Waals surface area contributed by atoms with Crippen LogP contribution in [0.2, 0.25) is 0 Å². The lowest BCUT2D eigenvalue weighted by atomic mass is 10.3. The van der Waals surface area contributed by atoms with Crippen LogP contribution in [-0.4, -0.2) is 24.3 Å². The highest BCUT2D eigenvalue weighted by Crippen LogP contribution is 2.20. The second kappa shape index (κ2) is 6.75. The summed E-state index contributed by atoms with van der Waals surface area (Å²) in [6.45, 7) is 3.27. The maximum atomic E-state index is 11.1. The van der Waals surface area contributed by atoms with Crippen LogP contribution in [0.3, 0.4) is 0 Å². The highest BCUT2D eigenvalue weighted by molar-refractivity contribution is 5.69. The van der Waals surface area contributed by atoms with Crippen molar-refractivity contribution in [2.75, 3.05) is 13.2 Å². The van der Waals surface area contributed by atoms with Crippen LogP contribution < -0.4 is 5.32 Å². The second-order valence-corrected chi connectivity index (χ2v) is 3.89. The van der Waals surface area contributed by atoms with Gasteiger partial charge in [0.1, 0.15) is 0 Å². The number of aromatic nitrogens is 1. The average Bonchev–Trinajstić information content (AvgIpc) is 3.05. The molecule has 0 amide bonds.